The van der Waals surface area contributed by atoms with Gasteiger partial charge in [0.1, 0.15) is 5.97 Å². The molecule has 0 spiro atoms. The first-order valence-electron chi connectivity index (χ1n) is 24.4. The molecule has 0 N–H and O–H groups in total. The quantitative estimate of drug-likeness (QED) is 0.0367. The van der Waals surface area contributed by atoms with Crippen LogP contribution in [0.2, 0.25) is 0 Å². The molecule has 0 aliphatic carbocycles. The largest absolute Gasteiger partial charge is 0.542 e. The monoisotopic (exact) mass is 843 g/mol. The highest BCUT2D eigenvalue weighted by Crippen LogP contribution is 2.14. The van der Waals surface area contributed by atoms with E-state index in [0.29, 0.717) is 16.9 Å². The SMILES string of the molecule is CCCCCCCC/C=C\CCCCCCCCN1CCN(CCCCCCCC/C=C\CCCCCCCC)CCN(C(=O)C[N+](C)(C)C)CC1.O=C([O-])C(F)(F)F. The van der Waals surface area contributed by atoms with Crippen molar-refractivity contribution in [3.8, 4) is 0 Å². The highest BCUT2D eigenvalue weighted by Gasteiger charge is 2.29. The Morgan fingerprint density at radius 2 is 0.763 bits per heavy atom. The Labute approximate surface area is 362 Å². The maximum atomic E-state index is 13.3. The van der Waals surface area contributed by atoms with Crippen LogP contribution >= 0.6 is 0 Å². The lowest BCUT2D eigenvalue weighted by atomic mass is 10.1. The Bertz CT molecular complexity index is 977. The standard InChI is InChI=1S/C47H93N4O.C2HF3O2/c1-6-8-10-12-14-16-18-20-22-24-26-28-30-32-34-36-38-48-40-41-49(43-45-50(44-42-48)47(52)46-51(3,4)5)39-37-35-33-31-29-27-25-23-21-19-17-15-13-11-9-7-2;3-2(4,5)1(6)7/h20-23H,6-19,24-46H2,1-5H3;(H,6,7)/q+1;/p-1/b22-20-,23-21-;. The minimum absolute atomic E-state index is 0.323. The van der Waals surface area contributed by atoms with Gasteiger partial charge in [0, 0.05) is 39.3 Å². The van der Waals surface area contributed by atoms with Crippen molar-refractivity contribution < 1.29 is 32.3 Å². The summed E-state index contributed by atoms with van der Waals surface area (Å²) >= 11 is 0. The van der Waals surface area contributed by atoms with Crippen molar-refractivity contribution in [2.24, 2.45) is 0 Å². The van der Waals surface area contributed by atoms with Gasteiger partial charge in [-0.2, -0.15) is 13.2 Å². The number of carbonyl (C=O) groups excluding carboxylic acids is 2. The third-order valence-corrected chi connectivity index (χ3v) is 11.3. The number of amides is 1. The normalized spacial score (nSPS) is 15.0. The molecule has 1 fully saturated rings. The van der Waals surface area contributed by atoms with Crippen LogP contribution in [0.4, 0.5) is 13.2 Å². The lowest BCUT2D eigenvalue weighted by Gasteiger charge is -2.30. The van der Waals surface area contributed by atoms with Gasteiger partial charge in [-0.05, 0) is 77.3 Å². The van der Waals surface area contributed by atoms with Gasteiger partial charge in [-0.1, -0.05) is 154 Å². The molecule has 1 rings (SSSR count). The summed E-state index contributed by atoms with van der Waals surface area (Å²) in [6.45, 7) is 13.6. The Morgan fingerprint density at radius 3 is 1.05 bits per heavy atom. The van der Waals surface area contributed by atoms with E-state index in [-0.39, 0.29) is 0 Å². The molecular formula is C49H93F3N4O3. The number of likely N-dealkylation sites (N-methyl/N-ethyl adjacent to an activating group) is 1. The fraction of sp³-hybridized carbons (Fsp3) is 0.878. The van der Waals surface area contributed by atoms with E-state index in [2.05, 4.69) is 74.0 Å². The first-order valence-corrected chi connectivity index (χ1v) is 24.4. The van der Waals surface area contributed by atoms with Crippen molar-refractivity contribution in [2.75, 3.05) is 80.0 Å². The van der Waals surface area contributed by atoms with Gasteiger partial charge in [0.15, 0.2) is 6.54 Å². The Hall–Kier alpha value is -1.91. The summed E-state index contributed by atoms with van der Waals surface area (Å²) in [6.07, 6.45) is 42.6. The molecule has 1 aliphatic rings. The zero-order valence-electron chi connectivity index (χ0n) is 39.1. The predicted molar refractivity (Wildman–Crippen MR) is 242 cm³/mol. The number of carboxylic acids is 1. The molecule has 0 saturated carbocycles. The van der Waals surface area contributed by atoms with E-state index in [1.54, 1.807) is 0 Å². The van der Waals surface area contributed by atoms with Gasteiger partial charge in [-0.15, -0.1) is 0 Å². The zero-order valence-corrected chi connectivity index (χ0v) is 39.1. The van der Waals surface area contributed by atoms with Crippen LogP contribution in [-0.4, -0.2) is 117 Å². The van der Waals surface area contributed by atoms with Crippen molar-refractivity contribution >= 4 is 11.9 Å². The molecule has 348 valence electrons. The summed E-state index contributed by atoms with van der Waals surface area (Å²) in [6, 6.07) is 0. The second-order valence-corrected chi connectivity index (χ2v) is 18.2. The van der Waals surface area contributed by atoms with Crippen LogP contribution < -0.4 is 5.11 Å². The van der Waals surface area contributed by atoms with E-state index in [1.807, 2.05) is 0 Å². The fourth-order valence-corrected chi connectivity index (χ4v) is 7.51. The van der Waals surface area contributed by atoms with Gasteiger partial charge in [0.2, 0.25) is 0 Å². The molecule has 10 heteroatoms. The molecule has 0 bridgehead atoms. The molecule has 0 aromatic heterocycles. The number of hydrogen-bond acceptors (Lipinski definition) is 5. The second-order valence-electron chi connectivity index (χ2n) is 18.2. The van der Waals surface area contributed by atoms with E-state index in [9.17, 15) is 18.0 Å². The van der Waals surface area contributed by atoms with Crippen molar-refractivity contribution in [3.05, 3.63) is 24.3 Å². The number of unbranched alkanes of at least 4 members (excludes halogenated alkanes) is 24. The van der Waals surface area contributed by atoms with Crippen molar-refractivity contribution in [3.63, 3.8) is 0 Å². The van der Waals surface area contributed by atoms with Crippen LogP contribution in [0.25, 0.3) is 0 Å². The average Bonchev–Trinajstić information content (AvgIpc) is 3.27. The summed E-state index contributed by atoms with van der Waals surface area (Å²) in [7, 11) is 6.40. The summed E-state index contributed by atoms with van der Waals surface area (Å²) in [5, 5.41) is 8.78. The number of hydrogen-bond donors (Lipinski definition) is 0. The van der Waals surface area contributed by atoms with Gasteiger partial charge in [-0.3, -0.25) is 4.79 Å². The molecule has 0 radical (unpaired) electrons. The van der Waals surface area contributed by atoms with Crippen molar-refractivity contribution in [2.45, 2.75) is 200 Å². The number of alkyl halides is 3. The van der Waals surface area contributed by atoms with E-state index >= 15 is 0 Å². The summed E-state index contributed by atoms with van der Waals surface area (Å²) < 4.78 is 32.3. The Morgan fingerprint density at radius 1 is 0.492 bits per heavy atom. The molecule has 59 heavy (non-hydrogen) atoms. The lowest BCUT2D eigenvalue weighted by Crippen LogP contribution is -2.48. The van der Waals surface area contributed by atoms with E-state index in [4.69, 9.17) is 9.90 Å². The first-order chi connectivity index (χ1) is 28.3. The second kappa shape index (κ2) is 39.0. The van der Waals surface area contributed by atoms with Crippen LogP contribution in [0.3, 0.4) is 0 Å². The number of nitrogens with zero attached hydrogens (tertiary/aromatic N) is 4. The summed E-state index contributed by atoms with van der Waals surface area (Å²) in [5.41, 5.74) is 0. The molecule has 7 nitrogen and oxygen atoms in total. The number of quaternary nitrogens is 1. The third kappa shape index (κ3) is 40.0. The minimum Gasteiger partial charge on any atom is -0.542 e. The van der Waals surface area contributed by atoms with Gasteiger partial charge < -0.3 is 29.1 Å². The highest BCUT2D eigenvalue weighted by molar-refractivity contribution is 5.77. The van der Waals surface area contributed by atoms with Crippen LogP contribution in [0.5, 0.6) is 0 Å². The third-order valence-electron chi connectivity index (χ3n) is 11.3. The molecule has 0 atom stereocenters. The average molecular weight is 843 g/mol. The number of carboxylic acid groups (broad SMARTS) is 1. The highest BCUT2D eigenvalue weighted by atomic mass is 19.4. The Kier molecular flexibility index (Phi) is 37.7. The number of allylic oxidation sites excluding steroid dienone is 4. The van der Waals surface area contributed by atoms with E-state index < -0.39 is 12.1 Å². The smallest absolute Gasteiger partial charge is 0.430 e. The van der Waals surface area contributed by atoms with Gasteiger partial charge >= 0.3 is 6.18 Å². The number of aliphatic carboxylic acids is 1. The number of halogens is 3. The fourth-order valence-electron chi connectivity index (χ4n) is 7.51. The van der Waals surface area contributed by atoms with Crippen LogP contribution in [0, 0.1) is 0 Å². The van der Waals surface area contributed by atoms with Gasteiger partial charge in [-0.25, -0.2) is 0 Å². The summed E-state index contributed by atoms with van der Waals surface area (Å²) in [4.78, 5) is 29.6. The predicted octanol–water partition coefficient (Wildman–Crippen LogP) is 11.5. The molecule has 0 aromatic rings. The number of carbonyl (C=O) groups is 2. The zero-order chi connectivity index (χ0) is 43.9. The Balaban J connectivity index is 0.00000438. The molecule has 1 aliphatic heterocycles. The molecule has 1 heterocycles. The van der Waals surface area contributed by atoms with Gasteiger partial charge in [0.05, 0.1) is 21.1 Å². The van der Waals surface area contributed by atoms with Gasteiger partial charge in [0.25, 0.3) is 5.91 Å². The maximum Gasteiger partial charge on any atom is 0.430 e. The molecule has 1 amide bonds. The topological polar surface area (TPSA) is 66.9 Å². The minimum atomic E-state index is -5.19. The van der Waals surface area contributed by atoms with Crippen LogP contribution in [0.15, 0.2) is 24.3 Å². The lowest BCUT2D eigenvalue weighted by molar-refractivity contribution is -0.862. The van der Waals surface area contributed by atoms with E-state index in [0.717, 1.165) is 39.3 Å². The van der Waals surface area contributed by atoms with Crippen LogP contribution in [-0.2, 0) is 9.59 Å². The molecule has 0 aromatic carbocycles. The van der Waals surface area contributed by atoms with E-state index in [1.165, 1.54) is 193 Å². The van der Waals surface area contributed by atoms with Crippen molar-refractivity contribution in [1.82, 2.24) is 14.7 Å². The van der Waals surface area contributed by atoms with Crippen molar-refractivity contribution in [1.29, 1.82) is 0 Å². The number of rotatable bonds is 34. The molecule has 0 unspecified atom stereocenters. The summed E-state index contributed by atoms with van der Waals surface area (Å²) in [5.74, 6) is -2.68. The molecular weight excluding hydrogens is 750 g/mol. The maximum absolute atomic E-state index is 13.3. The first kappa shape index (κ1) is 57.1. The molecule has 1 saturated heterocycles. The van der Waals surface area contributed by atoms with Crippen LogP contribution in [0.1, 0.15) is 194 Å².